The van der Waals surface area contributed by atoms with Gasteiger partial charge in [0.25, 0.3) is 0 Å². The molecule has 0 aliphatic rings. The van der Waals surface area contributed by atoms with Gasteiger partial charge in [-0.3, -0.25) is 0 Å². The first-order valence-electron chi connectivity index (χ1n) is 3.55. The van der Waals surface area contributed by atoms with E-state index in [1.807, 2.05) is 37.3 Å². The van der Waals surface area contributed by atoms with Gasteiger partial charge in [-0.05, 0) is 12.5 Å². The maximum absolute atomic E-state index is 6.01. The van der Waals surface area contributed by atoms with Crippen molar-refractivity contribution in [2.75, 3.05) is 0 Å². The maximum atomic E-state index is 6.01. The number of rotatable bonds is 2. The molecule has 2 heteroatoms. The summed E-state index contributed by atoms with van der Waals surface area (Å²) < 4.78 is 0. The Balaban J connectivity index is 2.77. The van der Waals surface area contributed by atoms with Crippen molar-refractivity contribution in [2.45, 2.75) is 17.7 Å². The van der Waals surface area contributed by atoms with Gasteiger partial charge in [0.2, 0.25) is 0 Å². The van der Waals surface area contributed by atoms with Gasteiger partial charge in [-0.25, -0.2) is 0 Å². The molecule has 0 aliphatic heterocycles. The summed E-state index contributed by atoms with van der Waals surface area (Å²) in [6.45, 7) is 1.90. The van der Waals surface area contributed by atoms with Crippen LogP contribution in [0.3, 0.4) is 0 Å². The number of hydrogen-bond donors (Lipinski definition) is 0. The molecule has 1 aromatic rings. The molecule has 0 radical (unpaired) electrons. The molecular formula is C9H10Cl2. The minimum absolute atomic E-state index is 0.0286. The summed E-state index contributed by atoms with van der Waals surface area (Å²) in [5.41, 5.74) is 1.08. The van der Waals surface area contributed by atoms with Crippen LogP contribution in [0.15, 0.2) is 30.3 Å². The largest absolute Gasteiger partial charge is 0.121 e. The van der Waals surface area contributed by atoms with E-state index in [2.05, 4.69) is 0 Å². The van der Waals surface area contributed by atoms with E-state index in [1.165, 1.54) is 0 Å². The number of hydrogen-bond acceptors (Lipinski definition) is 0. The van der Waals surface area contributed by atoms with Gasteiger partial charge >= 0.3 is 0 Å². The molecule has 0 N–H and O–H groups in total. The van der Waals surface area contributed by atoms with Crippen molar-refractivity contribution in [1.82, 2.24) is 0 Å². The van der Waals surface area contributed by atoms with Crippen LogP contribution in [0, 0.1) is 0 Å². The van der Waals surface area contributed by atoms with Crippen molar-refractivity contribution in [3.8, 4) is 0 Å². The van der Waals surface area contributed by atoms with E-state index < -0.39 is 0 Å². The van der Waals surface area contributed by atoms with Crippen LogP contribution in [-0.4, -0.2) is 5.38 Å². The first-order chi connectivity index (χ1) is 5.22. The molecule has 2 atom stereocenters. The fourth-order valence-corrected chi connectivity index (χ4v) is 1.19. The fraction of sp³-hybridized carbons (Fsp3) is 0.333. The Bertz CT molecular complexity index is 206. The molecule has 11 heavy (non-hydrogen) atoms. The van der Waals surface area contributed by atoms with E-state index in [1.54, 1.807) is 0 Å². The zero-order valence-corrected chi connectivity index (χ0v) is 7.81. The van der Waals surface area contributed by atoms with Crippen molar-refractivity contribution in [1.29, 1.82) is 0 Å². The van der Waals surface area contributed by atoms with Crippen LogP contribution < -0.4 is 0 Å². The highest BCUT2D eigenvalue weighted by molar-refractivity contribution is 6.29. The summed E-state index contributed by atoms with van der Waals surface area (Å²) in [4.78, 5) is 0. The zero-order valence-electron chi connectivity index (χ0n) is 6.30. The van der Waals surface area contributed by atoms with E-state index in [9.17, 15) is 0 Å². The number of alkyl halides is 2. The highest BCUT2D eigenvalue weighted by Gasteiger charge is 2.12. The molecule has 1 rings (SSSR count). The second-order valence-electron chi connectivity index (χ2n) is 2.49. The molecule has 1 aromatic carbocycles. The van der Waals surface area contributed by atoms with Gasteiger partial charge in [0, 0.05) is 0 Å². The van der Waals surface area contributed by atoms with Crippen molar-refractivity contribution < 1.29 is 0 Å². The van der Waals surface area contributed by atoms with Crippen LogP contribution in [0.4, 0.5) is 0 Å². The van der Waals surface area contributed by atoms with Gasteiger partial charge in [0.15, 0.2) is 0 Å². The van der Waals surface area contributed by atoms with Gasteiger partial charge < -0.3 is 0 Å². The molecule has 0 saturated carbocycles. The molecule has 0 fully saturated rings. The lowest BCUT2D eigenvalue weighted by Gasteiger charge is -2.10. The van der Waals surface area contributed by atoms with E-state index in [0.29, 0.717) is 0 Å². The molecule has 0 amide bonds. The molecule has 2 unspecified atom stereocenters. The summed E-state index contributed by atoms with van der Waals surface area (Å²) in [5.74, 6) is 0. The lowest BCUT2D eigenvalue weighted by Crippen LogP contribution is -2.01. The first-order valence-corrected chi connectivity index (χ1v) is 4.42. The van der Waals surface area contributed by atoms with E-state index in [-0.39, 0.29) is 10.8 Å². The molecule has 0 aromatic heterocycles. The van der Waals surface area contributed by atoms with Gasteiger partial charge in [-0.2, -0.15) is 0 Å². The molecule has 0 spiro atoms. The second-order valence-corrected chi connectivity index (χ2v) is 3.65. The highest BCUT2D eigenvalue weighted by atomic mass is 35.5. The van der Waals surface area contributed by atoms with Crippen molar-refractivity contribution in [3.05, 3.63) is 35.9 Å². The van der Waals surface area contributed by atoms with E-state index in [0.717, 1.165) is 5.56 Å². The van der Waals surface area contributed by atoms with Crippen LogP contribution in [-0.2, 0) is 0 Å². The van der Waals surface area contributed by atoms with Crippen LogP contribution in [0.2, 0.25) is 0 Å². The fourth-order valence-electron chi connectivity index (χ4n) is 0.902. The number of benzene rings is 1. The van der Waals surface area contributed by atoms with Crippen molar-refractivity contribution in [3.63, 3.8) is 0 Å². The van der Waals surface area contributed by atoms with Gasteiger partial charge in [0.1, 0.15) is 0 Å². The van der Waals surface area contributed by atoms with Crippen LogP contribution in [0.1, 0.15) is 17.9 Å². The number of halogens is 2. The summed E-state index contributed by atoms with van der Waals surface area (Å²) in [7, 11) is 0. The summed E-state index contributed by atoms with van der Waals surface area (Å²) in [6, 6.07) is 9.85. The summed E-state index contributed by atoms with van der Waals surface area (Å²) in [5, 5.41) is -0.114. The molecule has 0 aliphatic carbocycles. The minimum Gasteiger partial charge on any atom is -0.121 e. The third kappa shape index (κ3) is 2.39. The smallest absolute Gasteiger partial charge is 0.0746 e. The molecule has 0 bridgehead atoms. The van der Waals surface area contributed by atoms with Gasteiger partial charge in [-0.1, -0.05) is 30.3 Å². The topological polar surface area (TPSA) is 0 Å². The summed E-state index contributed by atoms with van der Waals surface area (Å²) >= 11 is 11.8. The molecule has 0 saturated heterocycles. The molecule has 60 valence electrons. The van der Waals surface area contributed by atoms with Crippen molar-refractivity contribution in [2.24, 2.45) is 0 Å². The maximum Gasteiger partial charge on any atom is 0.0746 e. The van der Waals surface area contributed by atoms with Gasteiger partial charge in [-0.15, -0.1) is 23.2 Å². The Morgan fingerprint density at radius 3 is 2.09 bits per heavy atom. The predicted octanol–water partition coefficient (Wildman–Crippen LogP) is 3.59. The van der Waals surface area contributed by atoms with Crippen molar-refractivity contribution >= 4 is 23.2 Å². The Hall–Kier alpha value is -0.200. The standard InChI is InChI=1S/C9H10Cl2/c1-7(10)9(11)8-5-3-2-4-6-8/h2-7,9H,1H3. The second kappa shape index (κ2) is 3.99. The Kier molecular flexibility index (Phi) is 3.22. The lowest BCUT2D eigenvalue weighted by molar-refractivity contribution is 0.893. The molecular weight excluding hydrogens is 179 g/mol. The zero-order chi connectivity index (χ0) is 8.27. The summed E-state index contributed by atoms with van der Waals surface area (Å²) in [6.07, 6.45) is 0. The predicted molar refractivity (Wildman–Crippen MR) is 50.4 cm³/mol. The monoisotopic (exact) mass is 188 g/mol. The first kappa shape index (κ1) is 8.89. The van der Waals surface area contributed by atoms with Gasteiger partial charge in [0.05, 0.1) is 10.8 Å². The molecule has 0 nitrogen and oxygen atoms in total. The average Bonchev–Trinajstić information content (AvgIpc) is 2.05. The minimum atomic E-state index is -0.0853. The van der Waals surface area contributed by atoms with Crippen LogP contribution in [0.25, 0.3) is 0 Å². The lowest BCUT2D eigenvalue weighted by atomic mass is 10.1. The third-order valence-electron chi connectivity index (χ3n) is 1.52. The normalized spacial score (nSPS) is 15.9. The van der Waals surface area contributed by atoms with Crippen LogP contribution in [0.5, 0.6) is 0 Å². The Labute approximate surface area is 77.1 Å². The Morgan fingerprint density at radius 2 is 1.64 bits per heavy atom. The van der Waals surface area contributed by atoms with Crippen LogP contribution >= 0.6 is 23.2 Å². The van der Waals surface area contributed by atoms with E-state index >= 15 is 0 Å². The quantitative estimate of drug-likeness (QED) is 0.623. The average molecular weight is 189 g/mol. The Morgan fingerprint density at radius 1 is 1.09 bits per heavy atom. The third-order valence-corrected chi connectivity index (χ3v) is 2.53. The van der Waals surface area contributed by atoms with E-state index in [4.69, 9.17) is 23.2 Å². The SMILES string of the molecule is CC(Cl)C(Cl)c1ccccc1. The molecule has 0 heterocycles. The highest BCUT2D eigenvalue weighted by Crippen LogP contribution is 2.26.